The molecule has 0 aliphatic carbocycles. The molecule has 16 nitrogen and oxygen atoms in total. The zero-order valence-electron chi connectivity index (χ0n) is 30.9. The van der Waals surface area contributed by atoms with Crippen molar-refractivity contribution in [2.45, 2.75) is 108 Å². The van der Waals surface area contributed by atoms with E-state index in [9.17, 15) is 33.6 Å². The van der Waals surface area contributed by atoms with E-state index in [0.29, 0.717) is 57.3 Å². The number of amides is 7. The summed E-state index contributed by atoms with van der Waals surface area (Å²) in [6.07, 6.45) is 6.30. The van der Waals surface area contributed by atoms with Gasteiger partial charge in [0.25, 0.3) is 0 Å². The maximum absolute atomic E-state index is 14.4. The minimum atomic E-state index is -1.09. The Morgan fingerprint density at radius 2 is 1.24 bits per heavy atom. The molecular formula is C38H51N9O7. The smallest absolute Gasteiger partial charge is 0.246 e. The predicted molar refractivity (Wildman–Crippen MR) is 195 cm³/mol. The van der Waals surface area contributed by atoms with Crippen molar-refractivity contribution in [1.29, 1.82) is 0 Å². The number of aromatic amines is 1. The average Bonchev–Trinajstić information content (AvgIpc) is 3.99. The highest BCUT2D eigenvalue weighted by molar-refractivity contribution is 5.98. The van der Waals surface area contributed by atoms with Crippen molar-refractivity contribution in [2.24, 2.45) is 5.92 Å². The van der Waals surface area contributed by atoms with Crippen LogP contribution in [-0.4, -0.2) is 128 Å². The van der Waals surface area contributed by atoms with Crippen molar-refractivity contribution < 1.29 is 33.6 Å². The van der Waals surface area contributed by atoms with Gasteiger partial charge in [-0.05, 0) is 56.4 Å². The van der Waals surface area contributed by atoms with Crippen molar-refractivity contribution in [1.82, 2.24) is 45.9 Å². The van der Waals surface area contributed by atoms with Gasteiger partial charge < -0.3 is 41.0 Å². The number of hydrogen-bond acceptors (Lipinski definition) is 8. The van der Waals surface area contributed by atoms with Crippen LogP contribution in [-0.2, 0) is 46.4 Å². The normalized spacial score (nSPS) is 27.8. The molecule has 16 heteroatoms. The van der Waals surface area contributed by atoms with Gasteiger partial charge in [-0.3, -0.25) is 33.6 Å². The molecule has 4 saturated heterocycles. The lowest BCUT2D eigenvalue weighted by molar-refractivity contribution is -0.148. The third kappa shape index (κ3) is 8.91. The Morgan fingerprint density at radius 1 is 0.667 bits per heavy atom. The maximum atomic E-state index is 14.4. The highest BCUT2D eigenvalue weighted by Crippen LogP contribution is 2.27. The molecular weight excluding hydrogens is 694 g/mol. The van der Waals surface area contributed by atoms with E-state index in [2.05, 4.69) is 31.2 Å². The number of nitrogens with zero attached hydrogens (tertiary/aromatic N) is 4. The molecule has 5 N–H and O–H groups in total. The highest BCUT2D eigenvalue weighted by Gasteiger charge is 2.45. The number of imidazole rings is 1. The van der Waals surface area contributed by atoms with Crippen molar-refractivity contribution in [2.75, 3.05) is 26.2 Å². The second-order valence-corrected chi connectivity index (χ2v) is 15.1. The molecule has 290 valence electrons. The van der Waals surface area contributed by atoms with E-state index in [-0.39, 0.29) is 37.6 Å². The molecule has 4 fully saturated rings. The molecule has 6 rings (SSSR count). The van der Waals surface area contributed by atoms with Crippen LogP contribution in [0, 0.1) is 5.92 Å². The van der Waals surface area contributed by atoms with Gasteiger partial charge in [-0.15, -0.1) is 0 Å². The summed E-state index contributed by atoms with van der Waals surface area (Å²) in [5, 5.41) is 11.2. The fourth-order valence-corrected chi connectivity index (χ4v) is 8.13. The van der Waals surface area contributed by atoms with E-state index in [1.165, 1.54) is 27.2 Å². The lowest BCUT2D eigenvalue weighted by Crippen LogP contribution is -2.59. The van der Waals surface area contributed by atoms with Gasteiger partial charge in [-0.2, -0.15) is 0 Å². The molecule has 0 radical (unpaired) electrons. The van der Waals surface area contributed by atoms with E-state index in [4.69, 9.17) is 0 Å². The Morgan fingerprint density at radius 3 is 1.87 bits per heavy atom. The van der Waals surface area contributed by atoms with Crippen molar-refractivity contribution in [3.63, 3.8) is 0 Å². The molecule has 54 heavy (non-hydrogen) atoms. The lowest BCUT2D eigenvalue weighted by atomic mass is 10.00. The lowest BCUT2D eigenvalue weighted by Gasteiger charge is -2.33. The fraction of sp³-hybridized carbons (Fsp3) is 0.579. The van der Waals surface area contributed by atoms with Crippen LogP contribution in [0.1, 0.15) is 70.1 Å². The molecule has 0 unspecified atom stereocenters. The standard InChI is InChI=1S/C38H51N9O7/c1-23(2)17-26-33(49)44-27(18-24-9-4-3-5-10-24)36(52)47-16-8-13-31(47)38(54)46-15-6-11-29(46)34(50)40-21-32(48)42-28(19-25-20-39-22-41-25)37(53)45-14-7-12-30(45)35(51)43-26/h3-5,9-10,20,22-23,26-31H,6-8,11-19,21H2,1-2H3,(H,39,41)(H,40,50)(H,42,48)(H,43,51)(H,44,49)/t26-,27-,28+,29-,30-,31-/m0/s1. The van der Waals surface area contributed by atoms with Crippen molar-refractivity contribution in [3.8, 4) is 0 Å². The first kappa shape index (κ1) is 38.4. The minimum Gasteiger partial charge on any atom is -0.348 e. The van der Waals surface area contributed by atoms with Gasteiger partial charge in [0, 0.05) is 44.4 Å². The van der Waals surface area contributed by atoms with Gasteiger partial charge >= 0.3 is 0 Å². The number of H-pyrrole nitrogens is 1. The number of benzene rings is 1. The number of carbonyl (C=O) groups is 7. The topological polar surface area (TPSA) is 206 Å². The van der Waals surface area contributed by atoms with Gasteiger partial charge in [-0.1, -0.05) is 44.2 Å². The number of hydrogen-bond donors (Lipinski definition) is 5. The summed E-state index contributed by atoms with van der Waals surface area (Å²) in [7, 11) is 0. The Kier molecular flexibility index (Phi) is 12.3. The zero-order valence-corrected chi connectivity index (χ0v) is 30.9. The Labute approximate surface area is 314 Å². The summed E-state index contributed by atoms with van der Waals surface area (Å²) in [4.78, 5) is 109. The maximum Gasteiger partial charge on any atom is 0.246 e. The van der Waals surface area contributed by atoms with Crippen LogP contribution >= 0.6 is 0 Å². The molecule has 6 atom stereocenters. The summed E-state index contributed by atoms with van der Waals surface area (Å²) >= 11 is 0. The van der Waals surface area contributed by atoms with Gasteiger partial charge in [0.15, 0.2) is 0 Å². The Bertz CT molecular complexity index is 1700. The predicted octanol–water partition coefficient (Wildman–Crippen LogP) is -0.202. The molecule has 0 bridgehead atoms. The second-order valence-electron chi connectivity index (χ2n) is 15.1. The summed E-state index contributed by atoms with van der Waals surface area (Å²) < 4.78 is 0. The quantitative estimate of drug-likeness (QED) is 0.267. The van der Waals surface area contributed by atoms with Crippen LogP contribution in [0.15, 0.2) is 42.9 Å². The third-order valence-corrected chi connectivity index (χ3v) is 10.8. The van der Waals surface area contributed by atoms with E-state index in [1.54, 1.807) is 0 Å². The van der Waals surface area contributed by atoms with Crippen LogP contribution in [0.2, 0.25) is 0 Å². The molecule has 2 aromatic rings. The van der Waals surface area contributed by atoms with Crippen molar-refractivity contribution in [3.05, 3.63) is 54.1 Å². The molecule has 7 amide bonds. The van der Waals surface area contributed by atoms with E-state index >= 15 is 0 Å². The molecule has 1 aromatic carbocycles. The summed E-state index contributed by atoms with van der Waals surface area (Å²) in [6.45, 7) is 4.30. The third-order valence-electron chi connectivity index (χ3n) is 10.8. The zero-order chi connectivity index (χ0) is 38.4. The molecule has 0 spiro atoms. The molecule has 4 aliphatic heterocycles. The number of rotatable bonds is 6. The monoisotopic (exact) mass is 745 g/mol. The van der Waals surface area contributed by atoms with Gasteiger partial charge in [0.2, 0.25) is 41.4 Å². The molecule has 4 aliphatic rings. The van der Waals surface area contributed by atoms with Crippen LogP contribution in [0.3, 0.4) is 0 Å². The average molecular weight is 746 g/mol. The van der Waals surface area contributed by atoms with Gasteiger partial charge in [-0.25, -0.2) is 4.98 Å². The highest BCUT2D eigenvalue weighted by atomic mass is 16.2. The summed E-state index contributed by atoms with van der Waals surface area (Å²) in [5.74, 6) is -3.45. The number of carbonyl (C=O) groups excluding carboxylic acids is 7. The first-order chi connectivity index (χ1) is 26.0. The van der Waals surface area contributed by atoms with Crippen LogP contribution in [0.4, 0.5) is 0 Å². The largest absolute Gasteiger partial charge is 0.348 e. The van der Waals surface area contributed by atoms with Crippen LogP contribution in [0.5, 0.6) is 0 Å². The Balaban J connectivity index is 1.34. The van der Waals surface area contributed by atoms with Crippen LogP contribution < -0.4 is 21.3 Å². The van der Waals surface area contributed by atoms with E-state index in [0.717, 1.165) is 5.56 Å². The van der Waals surface area contributed by atoms with Gasteiger partial charge in [0.05, 0.1) is 12.9 Å². The number of aromatic nitrogens is 2. The van der Waals surface area contributed by atoms with E-state index in [1.807, 2.05) is 44.2 Å². The van der Waals surface area contributed by atoms with E-state index < -0.39 is 78.2 Å². The summed E-state index contributed by atoms with van der Waals surface area (Å²) in [6, 6.07) is 3.54. The number of nitrogens with one attached hydrogen (secondary N) is 5. The molecule has 0 saturated carbocycles. The molecule has 1 aromatic heterocycles. The van der Waals surface area contributed by atoms with Crippen LogP contribution in [0.25, 0.3) is 0 Å². The molecule has 5 heterocycles. The first-order valence-corrected chi connectivity index (χ1v) is 19.1. The Hall–Kier alpha value is -5.28. The second kappa shape index (κ2) is 17.2. The van der Waals surface area contributed by atoms with Crippen molar-refractivity contribution >= 4 is 41.4 Å². The summed E-state index contributed by atoms with van der Waals surface area (Å²) in [5.41, 5.74) is 1.38. The minimum absolute atomic E-state index is 0.0144. The van der Waals surface area contributed by atoms with Gasteiger partial charge in [0.1, 0.15) is 36.3 Å². The number of fused-ring (bicyclic) bond motifs is 3. The fourth-order valence-electron chi connectivity index (χ4n) is 8.13. The SMILES string of the molecule is CC(C)C[C@@H]1NC(=O)[C@@H]2CCCN2C(=O)[C@@H](Cc2cnc[nH]2)NC(=O)CNC(=O)[C@@H]2CCCN2C(=O)[C@@H]2CCCN2C(=O)[C@H](Cc2ccccc2)NC1=O. The first-order valence-electron chi connectivity index (χ1n) is 19.1.